The number of aromatic amines is 1. The Balaban J connectivity index is 1.54. The summed E-state index contributed by atoms with van der Waals surface area (Å²) in [5, 5.41) is 11.0. The van der Waals surface area contributed by atoms with Gasteiger partial charge in [-0.15, -0.1) is 0 Å². The lowest BCUT2D eigenvalue weighted by atomic mass is 10.1. The highest BCUT2D eigenvalue weighted by molar-refractivity contribution is 5.94. The third-order valence-corrected chi connectivity index (χ3v) is 4.78. The van der Waals surface area contributed by atoms with Gasteiger partial charge in [0, 0.05) is 25.3 Å². The van der Waals surface area contributed by atoms with Crippen molar-refractivity contribution in [3.8, 4) is 17.0 Å². The standard InChI is InChI=1S/C24H29N5O2/c1-4-5-6-15-31-21-13-9-19(10-14-21)22-16-23(27-26-22)24(30)28-25-17-18-7-11-20(12-8-18)29(2)3/h7-14,16-17H,4-6,15H2,1-3H3,(H,26,27)(H,28,30). The highest BCUT2D eigenvalue weighted by Crippen LogP contribution is 2.21. The number of hydrogen-bond donors (Lipinski definition) is 2. The number of unbranched alkanes of at least 4 members (excludes halogenated alkanes) is 2. The first-order valence-electron chi connectivity index (χ1n) is 10.5. The maximum absolute atomic E-state index is 12.3. The van der Waals surface area contributed by atoms with Crippen LogP contribution >= 0.6 is 0 Å². The molecule has 2 N–H and O–H groups in total. The van der Waals surface area contributed by atoms with Gasteiger partial charge in [0.1, 0.15) is 11.4 Å². The maximum Gasteiger partial charge on any atom is 0.289 e. The zero-order valence-electron chi connectivity index (χ0n) is 18.3. The van der Waals surface area contributed by atoms with Crippen LogP contribution in [0.25, 0.3) is 11.3 Å². The lowest BCUT2D eigenvalue weighted by molar-refractivity contribution is 0.0950. The summed E-state index contributed by atoms with van der Waals surface area (Å²) in [5.41, 5.74) is 6.45. The second kappa shape index (κ2) is 11.0. The van der Waals surface area contributed by atoms with Crippen molar-refractivity contribution >= 4 is 17.8 Å². The summed E-state index contributed by atoms with van der Waals surface area (Å²) in [7, 11) is 3.97. The monoisotopic (exact) mass is 419 g/mol. The molecule has 0 spiro atoms. The van der Waals surface area contributed by atoms with E-state index in [1.807, 2.05) is 67.5 Å². The smallest absolute Gasteiger partial charge is 0.289 e. The van der Waals surface area contributed by atoms with Crippen molar-refractivity contribution in [3.05, 3.63) is 65.9 Å². The fraction of sp³-hybridized carbons (Fsp3) is 0.292. The molecular weight excluding hydrogens is 390 g/mol. The Labute approximate surface area is 183 Å². The molecule has 3 rings (SSSR count). The Hall–Kier alpha value is -3.61. The lowest BCUT2D eigenvalue weighted by Gasteiger charge is -2.11. The van der Waals surface area contributed by atoms with Crippen molar-refractivity contribution in [1.82, 2.24) is 15.6 Å². The zero-order valence-corrected chi connectivity index (χ0v) is 18.3. The van der Waals surface area contributed by atoms with Crippen molar-refractivity contribution < 1.29 is 9.53 Å². The average molecular weight is 420 g/mol. The quantitative estimate of drug-likeness (QED) is 0.288. The minimum Gasteiger partial charge on any atom is -0.494 e. The molecule has 0 radical (unpaired) electrons. The molecule has 2 aromatic carbocycles. The van der Waals surface area contributed by atoms with Gasteiger partial charge in [-0.3, -0.25) is 9.89 Å². The van der Waals surface area contributed by atoms with E-state index in [1.54, 1.807) is 12.3 Å². The highest BCUT2D eigenvalue weighted by Gasteiger charge is 2.10. The molecular formula is C24H29N5O2. The number of nitrogens with zero attached hydrogens (tertiary/aromatic N) is 3. The van der Waals surface area contributed by atoms with Crippen LogP contribution in [0.2, 0.25) is 0 Å². The van der Waals surface area contributed by atoms with Crippen molar-refractivity contribution in [2.45, 2.75) is 26.2 Å². The number of ether oxygens (including phenoxy) is 1. The Morgan fingerprint density at radius 3 is 2.55 bits per heavy atom. The molecule has 3 aromatic rings. The lowest BCUT2D eigenvalue weighted by Crippen LogP contribution is -2.18. The van der Waals surface area contributed by atoms with Gasteiger partial charge >= 0.3 is 0 Å². The number of aromatic nitrogens is 2. The average Bonchev–Trinajstić information content (AvgIpc) is 3.28. The Bertz CT molecular complexity index is 992. The largest absolute Gasteiger partial charge is 0.494 e. The van der Waals surface area contributed by atoms with Crippen LogP contribution in [0, 0.1) is 0 Å². The topological polar surface area (TPSA) is 82.6 Å². The molecule has 0 aliphatic rings. The SMILES string of the molecule is CCCCCOc1ccc(-c2cc(C(=O)NN=Cc3ccc(N(C)C)cc3)[nH]n2)cc1. The van der Waals surface area contributed by atoms with Crippen LogP contribution < -0.4 is 15.1 Å². The Morgan fingerprint density at radius 1 is 1.13 bits per heavy atom. The molecule has 0 saturated heterocycles. The first-order valence-corrected chi connectivity index (χ1v) is 10.5. The van der Waals surface area contributed by atoms with E-state index in [-0.39, 0.29) is 5.91 Å². The van der Waals surface area contributed by atoms with Crippen molar-refractivity contribution in [1.29, 1.82) is 0 Å². The molecule has 0 saturated carbocycles. The van der Waals surface area contributed by atoms with E-state index >= 15 is 0 Å². The van der Waals surface area contributed by atoms with Gasteiger partial charge in [0.25, 0.3) is 5.91 Å². The molecule has 0 aliphatic carbocycles. The summed E-state index contributed by atoms with van der Waals surface area (Å²) in [6.45, 7) is 2.89. The van der Waals surface area contributed by atoms with E-state index in [2.05, 4.69) is 27.6 Å². The van der Waals surface area contributed by atoms with Crippen LogP contribution in [0.4, 0.5) is 5.69 Å². The number of hydrogen-bond acceptors (Lipinski definition) is 5. The van der Waals surface area contributed by atoms with Gasteiger partial charge in [-0.1, -0.05) is 31.9 Å². The molecule has 1 amide bonds. The number of nitrogens with one attached hydrogen (secondary N) is 2. The first-order chi connectivity index (χ1) is 15.1. The number of carbonyl (C=O) groups excluding carboxylic acids is 1. The summed E-state index contributed by atoms with van der Waals surface area (Å²) in [6, 6.07) is 17.3. The third kappa shape index (κ3) is 6.44. The van der Waals surface area contributed by atoms with E-state index in [1.165, 1.54) is 12.8 Å². The van der Waals surface area contributed by atoms with Crippen LogP contribution in [0.5, 0.6) is 5.75 Å². The summed E-state index contributed by atoms with van der Waals surface area (Å²) in [5.74, 6) is 0.483. The van der Waals surface area contributed by atoms with Crippen LogP contribution in [0.1, 0.15) is 42.2 Å². The van der Waals surface area contributed by atoms with E-state index in [0.717, 1.165) is 35.6 Å². The number of benzene rings is 2. The summed E-state index contributed by atoms with van der Waals surface area (Å²) < 4.78 is 5.73. The van der Waals surface area contributed by atoms with Gasteiger partial charge in [-0.25, -0.2) is 5.43 Å². The first kappa shape index (κ1) is 22.1. The van der Waals surface area contributed by atoms with Gasteiger partial charge in [0.15, 0.2) is 0 Å². The second-order valence-electron chi connectivity index (χ2n) is 7.43. The normalized spacial score (nSPS) is 10.9. The number of carbonyl (C=O) groups is 1. The predicted molar refractivity (Wildman–Crippen MR) is 125 cm³/mol. The highest BCUT2D eigenvalue weighted by atomic mass is 16.5. The van der Waals surface area contributed by atoms with Crippen LogP contribution in [-0.2, 0) is 0 Å². The number of anilines is 1. The van der Waals surface area contributed by atoms with E-state index in [0.29, 0.717) is 11.4 Å². The molecule has 31 heavy (non-hydrogen) atoms. The number of rotatable bonds is 10. The Kier molecular flexibility index (Phi) is 7.81. The fourth-order valence-corrected chi connectivity index (χ4v) is 2.93. The van der Waals surface area contributed by atoms with Gasteiger partial charge in [-0.2, -0.15) is 10.2 Å². The van der Waals surface area contributed by atoms with E-state index in [4.69, 9.17) is 4.74 Å². The molecule has 162 valence electrons. The number of H-pyrrole nitrogens is 1. The van der Waals surface area contributed by atoms with Gasteiger partial charge in [0.2, 0.25) is 0 Å². The van der Waals surface area contributed by atoms with Crippen LogP contribution in [0.3, 0.4) is 0 Å². The Morgan fingerprint density at radius 2 is 1.87 bits per heavy atom. The van der Waals surface area contributed by atoms with Gasteiger partial charge in [0.05, 0.1) is 18.5 Å². The molecule has 0 unspecified atom stereocenters. The van der Waals surface area contributed by atoms with Crippen LogP contribution in [0.15, 0.2) is 59.7 Å². The third-order valence-electron chi connectivity index (χ3n) is 4.78. The van der Waals surface area contributed by atoms with Crippen molar-refractivity contribution in [2.24, 2.45) is 5.10 Å². The summed E-state index contributed by atoms with van der Waals surface area (Å²) in [4.78, 5) is 14.3. The van der Waals surface area contributed by atoms with E-state index in [9.17, 15) is 4.79 Å². The molecule has 0 fully saturated rings. The molecule has 0 aliphatic heterocycles. The van der Waals surface area contributed by atoms with E-state index < -0.39 is 0 Å². The zero-order chi connectivity index (χ0) is 22.1. The van der Waals surface area contributed by atoms with Gasteiger partial charge in [-0.05, 0) is 54.4 Å². The number of amides is 1. The molecule has 7 nitrogen and oxygen atoms in total. The van der Waals surface area contributed by atoms with Crippen molar-refractivity contribution in [3.63, 3.8) is 0 Å². The molecule has 1 heterocycles. The molecule has 1 aromatic heterocycles. The van der Waals surface area contributed by atoms with Gasteiger partial charge < -0.3 is 9.64 Å². The molecule has 0 atom stereocenters. The minimum absolute atomic E-state index is 0.343. The fourth-order valence-electron chi connectivity index (χ4n) is 2.93. The maximum atomic E-state index is 12.3. The van der Waals surface area contributed by atoms with Crippen molar-refractivity contribution in [2.75, 3.05) is 25.6 Å². The van der Waals surface area contributed by atoms with Crippen LogP contribution in [-0.4, -0.2) is 43.0 Å². The second-order valence-corrected chi connectivity index (χ2v) is 7.43. The molecule has 7 heteroatoms. The minimum atomic E-state index is -0.351. The molecule has 0 bridgehead atoms. The summed E-state index contributed by atoms with van der Waals surface area (Å²) >= 11 is 0. The predicted octanol–water partition coefficient (Wildman–Crippen LogP) is 4.48. The number of hydrazone groups is 1. The summed E-state index contributed by atoms with van der Waals surface area (Å²) in [6.07, 6.45) is 5.00.